The van der Waals surface area contributed by atoms with Crippen LogP contribution in [0.5, 0.6) is 0 Å². The predicted octanol–water partition coefficient (Wildman–Crippen LogP) is 4.00. The normalized spacial score (nSPS) is 18.9. The summed E-state index contributed by atoms with van der Waals surface area (Å²) in [5.74, 6) is -0.0921. The summed E-state index contributed by atoms with van der Waals surface area (Å²) < 4.78 is 0. The number of hydrogen-bond acceptors (Lipinski definition) is 3. The first-order valence-corrected chi connectivity index (χ1v) is 9.05. The molecular formula is C21H26ClN3O2. The van der Waals surface area contributed by atoms with Gasteiger partial charge in [-0.15, -0.1) is 12.4 Å². The van der Waals surface area contributed by atoms with Crippen molar-refractivity contribution in [3.8, 4) is 0 Å². The van der Waals surface area contributed by atoms with E-state index in [4.69, 9.17) is 0 Å². The molecule has 1 fully saturated rings. The Morgan fingerprint density at radius 2 is 1.67 bits per heavy atom. The Morgan fingerprint density at radius 3 is 2.33 bits per heavy atom. The van der Waals surface area contributed by atoms with Gasteiger partial charge in [0.15, 0.2) is 0 Å². The van der Waals surface area contributed by atoms with Gasteiger partial charge in [-0.3, -0.25) is 9.59 Å². The first kappa shape index (κ1) is 20.9. The molecule has 144 valence electrons. The van der Waals surface area contributed by atoms with Crippen LogP contribution < -0.4 is 16.0 Å². The Balaban J connectivity index is 0.00000261. The van der Waals surface area contributed by atoms with Gasteiger partial charge in [-0.25, -0.2) is 0 Å². The molecule has 5 nitrogen and oxygen atoms in total. The van der Waals surface area contributed by atoms with E-state index in [1.165, 1.54) is 0 Å². The SMILES string of the molecule is Cc1c(NC(=O)c2ccccc2)cccc1NC(=O)[C@H]1CCN[C@@H](C)C1.Cl. The number of anilines is 2. The molecule has 1 heterocycles. The molecule has 2 amide bonds. The fourth-order valence-corrected chi connectivity index (χ4v) is 3.30. The van der Waals surface area contributed by atoms with Gasteiger partial charge < -0.3 is 16.0 Å². The van der Waals surface area contributed by atoms with Crippen molar-refractivity contribution in [1.82, 2.24) is 5.32 Å². The highest BCUT2D eigenvalue weighted by Gasteiger charge is 2.25. The fraction of sp³-hybridized carbons (Fsp3) is 0.333. The molecule has 0 unspecified atom stereocenters. The van der Waals surface area contributed by atoms with Gasteiger partial charge in [0.1, 0.15) is 0 Å². The number of carbonyl (C=O) groups excluding carboxylic acids is 2. The third-order valence-corrected chi connectivity index (χ3v) is 4.87. The quantitative estimate of drug-likeness (QED) is 0.742. The van der Waals surface area contributed by atoms with Crippen LogP contribution in [-0.2, 0) is 4.79 Å². The van der Waals surface area contributed by atoms with Gasteiger partial charge in [-0.2, -0.15) is 0 Å². The summed E-state index contributed by atoms with van der Waals surface area (Å²) >= 11 is 0. The Kier molecular flexibility index (Phi) is 7.39. The molecule has 0 bridgehead atoms. The molecule has 1 saturated heterocycles. The number of hydrogen-bond donors (Lipinski definition) is 3. The zero-order valence-electron chi connectivity index (χ0n) is 15.6. The Labute approximate surface area is 166 Å². The minimum atomic E-state index is -0.163. The zero-order valence-corrected chi connectivity index (χ0v) is 16.4. The number of piperidine rings is 1. The number of carbonyl (C=O) groups is 2. The van der Waals surface area contributed by atoms with Gasteiger partial charge in [0.2, 0.25) is 5.91 Å². The van der Waals surface area contributed by atoms with E-state index in [1.54, 1.807) is 12.1 Å². The molecule has 0 spiro atoms. The summed E-state index contributed by atoms with van der Waals surface area (Å²) in [5, 5.41) is 9.32. The lowest BCUT2D eigenvalue weighted by Crippen LogP contribution is -2.40. The monoisotopic (exact) mass is 387 g/mol. The molecule has 2 aromatic rings. The fourth-order valence-electron chi connectivity index (χ4n) is 3.30. The van der Waals surface area contributed by atoms with Crippen molar-refractivity contribution in [2.75, 3.05) is 17.2 Å². The van der Waals surface area contributed by atoms with E-state index in [1.807, 2.05) is 43.3 Å². The van der Waals surface area contributed by atoms with Gasteiger partial charge in [-0.1, -0.05) is 24.3 Å². The summed E-state index contributed by atoms with van der Waals surface area (Å²) in [6, 6.07) is 15.0. The standard InChI is InChI=1S/C21H25N3O2.ClH/c1-14-13-17(11-12-22-14)21(26)24-19-10-6-9-18(15(19)2)23-20(25)16-7-4-3-5-8-16;/h3-10,14,17,22H,11-13H2,1-2H3,(H,23,25)(H,24,26);1H/t14-,17-;/m0./s1. The third kappa shape index (κ3) is 5.31. The molecule has 3 rings (SSSR count). The average Bonchev–Trinajstić information content (AvgIpc) is 2.65. The maximum absolute atomic E-state index is 12.6. The largest absolute Gasteiger partial charge is 0.326 e. The first-order valence-electron chi connectivity index (χ1n) is 9.05. The van der Waals surface area contributed by atoms with Crippen LogP contribution in [0.15, 0.2) is 48.5 Å². The van der Waals surface area contributed by atoms with Crippen LogP contribution in [0.1, 0.15) is 35.7 Å². The smallest absolute Gasteiger partial charge is 0.255 e. The molecule has 1 aliphatic heterocycles. The van der Waals surface area contributed by atoms with E-state index in [0.29, 0.717) is 17.3 Å². The van der Waals surface area contributed by atoms with Crippen molar-refractivity contribution in [3.63, 3.8) is 0 Å². The lowest BCUT2D eigenvalue weighted by Gasteiger charge is -2.27. The predicted molar refractivity (Wildman–Crippen MR) is 112 cm³/mol. The Hall–Kier alpha value is -2.37. The van der Waals surface area contributed by atoms with E-state index in [9.17, 15) is 9.59 Å². The maximum Gasteiger partial charge on any atom is 0.255 e. The van der Waals surface area contributed by atoms with E-state index in [-0.39, 0.29) is 30.1 Å². The molecule has 1 aliphatic rings. The van der Waals surface area contributed by atoms with Crippen molar-refractivity contribution in [2.24, 2.45) is 5.92 Å². The lowest BCUT2D eigenvalue weighted by atomic mass is 9.92. The molecule has 2 aromatic carbocycles. The second-order valence-corrected chi connectivity index (χ2v) is 6.86. The average molecular weight is 388 g/mol. The van der Waals surface area contributed by atoms with Gasteiger partial charge in [0.25, 0.3) is 5.91 Å². The van der Waals surface area contributed by atoms with E-state index < -0.39 is 0 Å². The zero-order chi connectivity index (χ0) is 18.5. The number of benzene rings is 2. The van der Waals surface area contributed by atoms with Crippen molar-refractivity contribution in [3.05, 3.63) is 59.7 Å². The topological polar surface area (TPSA) is 70.2 Å². The summed E-state index contributed by atoms with van der Waals surface area (Å²) in [7, 11) is 0. The van der Waals surface area contributed by atoms with Gasteiger partial charge in [0, 0.05) is 28.9 Å². The molecule has 2 atom stereocenters. The highest BCUT2D eigenvalue weighted by molar-refractivity contribution is 6.05. The van der Waals surface area contributed by atoms with Crippen LogP contribution in [0, 0.1) is 12.8 Å². The lowest BCUT2D eigenvalue weighted by molar-refractivity contribution is -0.120. The summed E-state index contributed by atoms with van der Waals surface area (Å²) in [4.78, 5) is 25.0. The van der Waals surface area contributed by atoms with Crippen LogP contribution >= 0.6 is 12.4 Å². The summed E-state index contributed by atoms with van der Waals surface area (Å²) in [6.45, 7) is 4.87. The molecule has 0 aliphatic carbocycles. The minimum Gasteiger partial charge on any atom is -0.326 e. The Morgan fingerprint density at radius 1 is 1.00 bits per heavy atom. The first-order chi connectivity index (χ1) is 12.5. The van der Waals surface area contributed by atoms with Crippen molar-refractivity contribution in [2.45, 2.75) is 32.7 Å². The van der Waals surface area contributed by atoms with Crippen molar-refractivity contribution >= 4 is 35.6 Å². The number of rotatable bonds is 4. The van der Waals surface area contributed by atoms with Crippen LogP contribution in [0.3, 0.4) is 0 Å². The second-order valence-electron chi connectivity index (χ2n) is 6.86. The highest BCUT2D eigenvalue weighted by Crippen LogP contribution is 2.26. The minimum absolute atomic E-state index is 0. The van der Waals surface area contributed by atoms with Crippen LogP contribution in [0.2, 0.25) is 0 Å². The maximum atomic E-state index is 12.6. The summed E-state index contributed by atoms with van der Waals surface area (Å²) in [5.41, 5.74) is 2.90. The van der Waals surface area contributed by atoms with Crippen LogP contribution in [0.4, 0.5) is 11.4 Å². The van der Waals surface area contributed by atoms with E-state index >= 15 is 0 Å². The van der Waals surface area contributed by atoms with Crippen LogP contribution in [0.25, 0.3) is 0 Å². The third-order valence-electron chi connectivity index (χ3n) is 4.87. The highest BCUT2D eigenvalue weighted by atomic mass is 35.5. The van der Waals surface area contributed by atoms with E-state index in [2.05, 4.69) is 22.9 Å². The molecule has 0 radical (unpaired) electrons. The molecule has 3 N–H and O–H groups in total. The Bertz CT molecular complexity index is 795. The molecule has 0 saturated carbocycles. The molecular weight excluding hydrogens is 362 g/mol. The number of amides is 2. The molecule has 0 aromatic heterocycles. The van der Waals surface area contributed by atoms with E-state index in [0.717, 1.165) is 30.6 Å². The molecule has 27 heavy (non-hydrogen) atoms. The van der Waals surface area contributed by atoms with Crippen molar-refractivity contribution in [1.29, 1.82) is 0 Å². The summed E-state index contributed by atoms with van der Waals surface area (Å²) in [6.07, 6.45) is 1.69. The number of nitrogens with one attached hydrogen (secondary N) is 3. The van der Waals surface area contributed by atoms with Gasteiger partial charge in [-0.05, 0) is 63.1 Å². The second kappa shape index (κ2) is 9.53. The number of halogens is 1. The molecule has 6 heteroatoms. The van der Waals surface area contributed by atoms with Crippen LogP contribution in [-0.4, -0.2) is 24.4 Å². The van der Waals surface area contributed by atoms with Gasteiger partial charge >= 0.3 is 0 Å². The van der Waals surface area contributed by atoms with Gasteiger partial charge in [0.05, 0.1) is 0 Å². The van der Waals surface area contributed by atoms with Crippen molar-refractivity contribution < 1.29 is 9.59 Å².